The second-order valence-electron chi connectivity index (χ2n) is 14.9. The number of hydrogen-bond donors (Lipinski definition) is 0. The highest BCUT2D eigenvalue weighted by atomic mass is 15.0. The van der Waals surface area contributed by atoms with Gasteiger partial charge in [0.1, 0.15) is 0 Å². The third-order valence-electron chi connectivity index (χ3n) is 11.2. The van der Waals surface area contributed by atoms with Crippen molar-refractivity contribution in [2.24, 2.45) is 0 Å². The van der Waals surface area contributed by atoms with Crippen molar-refractivity contribution in [3.8, 4) is 50.2 Å². The summed E-state index contributed by atoms with van der Waals surface area (Å²) in [7, 11) is 0. The Morgan fingerprint density at radius 1 is 0.373 bits per heavy atom. The fourth-order valence-electron chi connectivity index (χ4n) is 8.62. The van der Waals surface area contributed by atoms with Crippen LogP contribution in [0.25, 0.3) is 93.5 Å². The molecule has 0 aliphatic heterocycles. The Bertz CT molecular complexity index is 2770. The molecule has 0 atom stereocenters. The van der Waals surface area contributed by atoms with Crippen LogP contribution >= 0.6 is 0 Å². The van der Waals surface area contributed by atoms with Gasteiger partial charge in [-0.2, -0.15) is 0 Å². The van der Waals surface area contributed by atoms with Crippen LogP contribution in [0.3, 0.4) is 0 Å². The van der Waals surface area contributed by atoms with Gasteiger partial charge in [0.15, 0.2) is 0 Å². The van der Waals surface area contributed by atoms with E-state index in [-0.39, 0.29) is 0 Å². The number of rotatable bonds is 5. The summed E-state index contributed by atoms with van der Waals surface area (Å²) in [4.78, 5) is 0. The highest BCUT2D eigenvalue weighted by Gasteiger charge is 2.32. The molecule has 9 aromatic rings. The number of nitrogens with zero attached hydrogens (tertiary/aromatic N) is 1. The molecular weight excluding hydrogens is 615 g/mol. The van der Waals surface area contributed by atoms with E-state index in [2.05, 4.69) is 184 Å². The molecule has 1 aliphatic carbocycles. The quantitative estimate of drug-likeness (QED) is 0.174. The third-order valence-corrected chi connectivity index (χ3v) is 11.2. The maximum Gasteiger partial charge on any atom is 0.0541 e. The lowest BCUT2D eigenvalue weighted by Crippen LogP contribution is -2.06. The van der Waals surface area contributed by atoms with Crippen molar-refractivity contribution in [2.45, 2.75) is 39.5 Å². The van der Waals surface area contributed by atoms with E-state index >= 15 is 0 Å². The molecule has 1 aromatic heterocycles. The molecule has 244 valence electrons. The van der Waals surface area contributed by atoms with Crippen molar-refractivity contribution in [1.29, 1.82) is 0 Å². The minimum absolute atomic E-state index is 0.475. The maximum absolute atomic E-state index is 2.47. The number of fused-ring (bicyclic) bond motifs is 9. The molecule has 1 heteroatoms. The first-order valence-electron chi connectivity index (χ1n) is 18.3. The molecule has 0 radical (unpaired) electrons. The average molecular weight is 654 g/mol. The molecule has 1 aliphatic rings. The van der Waals surface area contributed by atoms with Crippen LogP contribution < -0.4 is 0 Å². The van der Waals surface area contributed by atoms with Gasteiger partial charge >= 0.3 is 0 Å². The van der Waals surface area contributed by atoms with E-state index in [1.165, 1.54) is 105 Å². The smallest absolute Gasteiger partial charge is 0.0541 e. The van der Waals surface area contributed by atoms with Crippen LogP contribution in [-0.2, 0) is 0 Å². The van der Waals surface area contributed by atoms with Gasteiger partial charge in [0.05, 0.1) is 11.0 Å². The second-order valence-corrected chi connectivity index (χ2v) is 14.9. The fraction of sp³-hybridized carbons (Fsp3) is 0.120. The van der Waals surface area contributed by atoms with Crippen molar-refractivity contribution >= 4 is 43.4 Å². The normalized spacial score (nSPS) is 12.3. The summed E-state index contributed by atoms with van der Waals surface area (Å²) in [5.41, 5.74) is 17.1. The Morgan fingerprint density at radius 3 is 1.33 bits per heavy atom. The van der Waals surface area contributed by atoms with E-state index in [1.807, 2.05) is 0 Å². The summed E-state index contributed by atoms with van der Waals surface area (Å²) in [6.45, 7) is 9.14. The summed E-state index contributed by atoms with van der Waals surface area (Å²) in [6, 6.07) is 56.9. The Hall–Kier alpha value is -5.92. The monoisotopic (exact) mass is 653 g/mol. The first kappa shape index (κ1) is 29.9. The molecule has 0 amide bonds. The van der Waals surface area contributed by atoms with E-state index in [4.69, 9.17) is 0 Å². The molecule has 1 heterocycles. The van der Waals surface area contributed by atoms with E-state index in [0.29, 0.717) is 11.8 Å². The van der Waals surface area contributed by atoms with Crippen molar-refractivity contribution < 1.29 is 0 Å². The molecule has 51 heavy (non-hydrogen) atoms. The molecule has 0 N–H and O–H groups in total. The highest BCUT2D eigenvalue weighted by molar-refractivity contribution is 6.26. The van der Waals surface area contributed by atoms with Crippen LogP contribution in [0.15, 0.2) is 152 Å². The lowest BCUT2D eigenvalue weighted by atomic mass is 9.70. The van der Waals surface area contributed by atoms with Crippen molar-refractivity contribution in [3.05, 3.63) is 163 Å². The average Bonchev–Trinajstić information content (AvgIpc) is 3.49. The molecule has 8 aromatic carbocycles. The first-order chi connectivity index (χ1) is 25.0. The van der Waals surface area contributed by atoms with Crippen LogP contribution in [0.5, 0.6) is 0 Å². The Labute approximate surface area is 299 Å². The second kappa shape index (κ2) is 11.3. The molecule has 0 unspecified atom stereocenters. The van der Waals surface area contributed by atoms with E-state index in [0.717, 1.165) is 0 Å². The minimum atomic E-state index is 0.475. The Morgan fingerprint density at radius 2 is 0.843 bits per heavy atom. The number of hydrogen-bond acceptors (Lipinski definition) is 0. The van der Waals surface area contributed by atoms with Crippen LogP contribution in [0.1, 0.15) is 50.7 Å². The third kappa shape index (κ3) is 4.47. The standard InChI is InChI=1S/C50H39N/c1-30(2)34-20-23-45-41(26-34)42-27-35(31(3)4)21-24-46(42)51(45)38-22-19-36-28-43-44(29-37(36)25-38)50-48(33-15-9-6-10-16-33)40-18-12-11-17-39(40)47(49(43)50)32-13-7-5-8-14-32/h5-31H,1-4H3. The molecular formula is C50H39N. The van der Waals surface area contributed by atoms with Gasteiger partial charge in [-0.1, -0.05) is 131 Å². The Kier molecular flexibility index (Phi) is 6.64. The zero-order valence-corrected chi connectivity index (χ0v) is 29.5. The van der Waals surface area contributed by atoms with Crippen LogP contribution in [-0.4, -0.2) is 4.57 Å². The summed E-state index contributed by atoms with van der Waals surface area (Å²) >= 11 is 0. The van der Waals surface area contributed by atoms with Gasteiger partial charge in [-0.3, -0.25) is 0 Å². The van der Waals surface area contributed by atoms with Gasteiger partial charge in [-0.15, -0.1) is 0 Å². The van der Waals surface area contributed by atoms with E-state index in [1.54, 1.807) is 0 Å². The largest absolute Gasteiger partial charge is 0.309 e. The SMILES string of the molecule is CC(C)c1ccc2c(c1)c1cc(C(C)C)ccc1n2-c1ccc2cc3c(cc2c1)-c1c-3c(-c2ccccc2)c2ccccc2c1-c1ccccc1. The Balaban J connectivity index is 1.23. The van der Waals surface area contributed by atoms with E-state index in [9.17, 15) is 0 Å². The molecule has 0 fully saturated rings. The number of aromatic nitrogens is 1. The summed E-state index contributed by atoms with van der Waals surface area (Å²) in [6.07, 6.45) is 0. The maximum atomic E-state index is 2.47. The molecule has 0 saturated heterocycles. The van der Waals surface area contributed by atoms with Gasteiger partial charge in [0.25, 0.3) is 0 Å². The van der Waals surface area contributed by atoms with Gasteiger partial charge < -0.3 is 4.57 Å². The van der Waals surface area contributed by atoms with Gasteiger partial charge in [-0.05, 0) is 138 Å². The summed E-state index contributed by atoms with van der Waals surface area (Å²) in [5.74, 6) is 0.950. The van der Waals surface area contributed by atoms with E-state index < -0.39 is 0 Å². The van der Waals surface area contributed by atoms with Crippen LogP contribution in [0.2, 0.25) is 0 Å². The highest BCUT2D eigenvalue weighted by Crippen LogP contribution is 2.59. The molecule has 10 rings (SSSR count). The summed E-state index contributed by atoms with van der Waals surface area (Å²) < 4.78 is 2.47. The topological polar surface area (TPSA) is 4.93 Å². The molecule has 0 saturated carbocycles. The molecule has 0 spiro atoms. The van der Waals surface area contributed by atoms with Crippen molar-refractivity contribution in [2.75, 3.05) is 0 Å². The zero-order chi connectivity index (χ0) is 34.4. The lowest BCUT2D eigenvalue weighted by Gasteiger charge is -2.32. The fourth-order valence-corrected chi connectivity index (χ4v) is 8.62. The predicted octanol–water partition coefficient (Wildman–Crippen LogP) is 14.3. The van der Waals surface area contributed by atoms with Crippen LogP contribution in [0, 0.1) is 0 Å². The van der Waals surface area contributed by atoms with Gasteiger partial charge in [0.2, 0.25) is 0 Å². The van der Waals surface area contributed by atoms with Gasteiger partial charge in [-0.25, -0.2) is 0 Å². The summed E-state index contributed by atoms with van der Waals surface area (Å²) in [5, 5.41) is 7.79. The molecule has 1 nitrogen and oxygen atoms in total. The first-order valence-corrected chi connectivity index (χ1v) is 18.3. The predicted molar refractivity (Wildman–Crippen MR) is 219 cm³/mol. The molecule has 0 bridgehead atoms. The van der Waals surface area contributed by atoms with Crippen molar-refractivity contribution in [1.82, 2.24) is 4.57 Å². The number of benzene rings is 8. The van der Waals surface area contributed by atoms with Crippen molar-refractivity contribution in [3.63, 3.8) is 0 Å². The minimum Gasteiger partial charge on any atom is -0.309 e. The zero-order valence-electron chi connectivity index (χ0n) is 29.5. The lowest BCUT2D eigenvalue weighted by molar-refractivity contribution is 0.868. The van der Waals surface area contributed by atoms with Gasteiger partial charge in [0, 0.05) is 16.5 Å². The van der Waals surface area contributed by atoms with Crippen LogP contribution in [0.4, 0.5) is 0 Å².